The van der Waals surface area contributed by atoms with Crippen LogP contribution in [0.5, 0.6) is 0 Å². The van der Waals surface area contributed by atoms with Crippen molar-refractivity contribution in [3.8, 4) is 0 Å². The second-order valence-electron chi connectivity index (χ2n) is 7.07. The zero-order valence-electron chi connectivity index (χ0n) is 17.1. The maximum absolute atomic E-state index is 12.9. The Kier molecular flexibility index (Phi) is 6.63. The summed E-state index contributed by atoms with van der Waals surface area (Å²) in [5.41, 5.74) is 1.01. The van der Waals surface area contributed by atoms with E-state index in [2.05, 4.69) is 25.7 Å². The molecule has 1 aromatic carbocycles. The zero-order valence-corrected chi connectivity index (χ0v) is 18.8. The van der Waals surface area contributed by atoms with Gasteiger partial charge in [-0.2, -0.15) is 5.10 Å². The smallest absolute Gasteiger partial charge is 0.280 e. The lowest BCUT2D eigenvalue weighted by Gasteiger charge is -2.08. The molecular formula is C20H21N5O5S2. The minimum Gasteiger partial charge on any atom is -0.389 e. The van der Waals surface area contributed by atoms with Gasteiger partial charge in [-0.1, -0.05) is 28.6 Å². The van der Waals surface area contributed by atoms with Crippen LogP contribution in [0.1, 0.15) is 29.0 Å². The molecule has 168 valence electrons. The number of carbonyl (C=O) groups is 1. The molecule has 0 atom stereocenters. The lowest BCUT2D eigenvalue weighted by atomic mass is 10.1. The maximum atomic E-state index is 12.9. The Hall–Kier alpha value is -3.09. The lowest BCUT2D eigenvalue weighted by Crippen LogP contribution is -2.24. The molecule has 10 nitrogen and oxygen atoms in total. The number of nitrogens with zero attached hydrogens (tertiary/aromatic N) is 3. The van der Waals surface area contributed by atoms with Gasteiger partial charge in [0.25, 0.3) is 5.91 Å². The van der Waals surface area contributed by atoms with Crippen LogP contribution >= 0.6 is 11.3 Å². The summed E-state index contributed by atoms with van der Waals surface area (Å²) in [6.07, 6.45) is 4.62. The van der Waals surface area contributed by atoms with E-state index in [0.717, 1.165) is 4.88 Å². The van der Waals surface area contributed by atoms with Crippen LogP contribution < -0.4 is 5.32 Å². The number of amides is 1. The van der Waals surface area contributed by atoms with E-state index in [9.17, 15) is 13.2 Å². The highest BCUT2D eigenvalue weighted by Crippen LogP contribution is 2.33. The molecule has 0 unspecified atom stereocenters. The molecule has 1 amide bonds. The number of carbonyl (C=O) groups excluding carboxylic acids is 1. The van der Waals surface area contributed by atoms with Crippen LogP contribution in [0.2, 0.25) is 0 Å². The third-order valence-corrected chi connectivity index (χ3v) is 7.79. The molecule has 0 radical (unpaired) electrons. The fraction of sp³-hybridized carbons (Fsp3) is 0.300. The second kappa shape index (κ2) is 9.59. The molecule has 2 aromatic heterocycles. The minimum atomic E-state index is -3.33. The van der Waals surface area contributed by atoms with Gasteiger partial charge in [-0.15, -0.1) is 0 Å². The molecule has 2 N–H and O–H groups in total. The number of hydrogen-bond donors (Lipinski definition) is 2. The number of oxime groups is 1. The lowest BCUT2D eigenvalue weighted by molar-refractivity contribution is -0.110. The predicted molar refractivity (Wildman–Crippen MR) is 118 cm³/mol. The number of sulfone groups is 1. The summed E-state index contributed by atoms with van der Waals surface area (Å²) in [4.78, 5) is 23.5. The predicted octanol–water partition coefficient (Wildman–Crippen LogP) is 2.51. The van der Waals surface area contributed by atoms with Crippen molar-refractivity contribution in [2.24, 2.45) is 5.16 Å². The number of thiazole rings is 1. The average Bonchev–Trinajstić information content (AvgIpc) is 3.37. The third kappa shape index (κ3) is 5.21. The first-order valence-corrected chi connectivity index (χ1v) is 12.1. The highest BCUT2D eigenvalue weighted by molar-refractivity contribution is 7.92. The molecule has 0 spiro atoms. The maximum Gasteiger partial charge on any atom is 0.280 e. The van der Waals surface area contributed by atoms with Gasteiger partial charge >= 0.3 is 0 Å². The number of aromatic nitrogens is 3. The molecule has 0 saturated heterocycles. The SMILES string of the molecule is COCc1cnc(NC(=O)/C(=N/OCc2cc[nH]n2)c2ccc(S(=O)(=O)C3CC3)cc2)s1. The number of H-pyrrole nitrogens is 1. The van der Waals surface area contributed by atoms with Gasteiger partial charge in [-0.05, 0) is 31.0 Å². The summed E-state index contributed by atoms with van der Waals surface area (Å²) in [5, 5.41) is 13.4. The van der Waals surface area contributed by atoms with E-state index in [1.807, 2.05) is 0 Å². The van der Waals surface area contributed by atoms with Gasteiger partial charge in [-0.25, -0.2) is 13.4 Å². The molecule has 32 heavy (non-hydrogen) atoms. The van der Waals surface area contributed by atoms with Crippen molar-refractivity contribution in [3.05, 3.63) is 58.9 Å². The summed E-state index contributed by atoms with van der Waals surface area (Å²) in [6.45, 7) is 0.446. The van der Waals surface area contributed by atoms with Crippen LogP contribution in [0.3, 0.4) is 0 Å². The Labute approximate surface area is 188 Å². The van der Waals surface area contributed by atoms with Crippen LogP contribution in [0, 0.1) is 0 Å². The van der Waals surface area contributed by atoms with Crippen LogP contribution in [-0.2, 0) is 37.4 Å². The number of nitrogens with one attached hydrogen (secondary N) is 2. The van der Waals surface area contributed by atoms with Gasteiger partial charge in [0.15, 0.2) is 27.3 Å². The molecule has 1 fully saturated rings. The van der Waals surface area contributed by atoms with E-state index < -0.39 is 15.7 Å². The van der Waals surface area contributed by atoms with Gasteiger partial charge in [-0.3, -0.25) is 15.2 Å². The van der Waals surface area contributed by atoms with Crippen LogP contribution in [0.4, 0.5) is 5.13 Å². The Morgan fingerprint density at radius 2 is 2.03 bits per heavy atom. The van der Waals surface area contributed by atoms with Gasteiger partial charge < -0.3 is 9.57 Å². The molecule has 1 saturated carbocycles. The average molecular weight is 476 g/mol. The fourth-order valence-corrected chi connectivity index (χ4v) is 5.30. The molecule has 0 bridgehead atoms. The first-order valence-electron chi connectivity index (χ1n) is 9.75. The van der Waals surface area contributed by atoms with Gasteiger partial charge in [0.05, 0.1) is 21.6 Å². The Balaban J connectivity index is 1.55. The van der Waals surface area contributed by atoms with Crippen molar-refractivity contribution >= 4 is 37.9 Å². The number of rotatable bonds is 10. The number of benzene rings is 1. The quantitative estimate of drug-likeness (QED) is 0.340. The Morgan fingerprint density at radius 3 is 2.69 bits per heavy atom. The molecule has 1 aliphatic rings. The van der Waals surface area contributed by atoms with Crippen molar-refractivity contribution in [2.45, 2.75) is 36.2 Å². The summed E-state index contributed by atoms with van der Waals surface area (Å²) in [5.74, 6) is -0.539. The summed E-state index contributed by atoms with van der Waals surface area (Å²) in [6, 6.07) is 7.78. The van der Waals surface area contributed by atoms with E-state index >= 15 is 0 Å². The van der Waals surface area contributed by atoms with Crippen molar-refractivity contribution in [3.63, 3.8) is 0 Å². The Morgan fingerprint density at radius 1 is 1.25 bits per heavy atom. The second-order valence-corrected chi connectivity index (χ2v) is 10.4. The van der Waals surface area contributed by atoms with Crippen molar-refractivity contribution < 1.29 is 22.8 Å². The topological polar surface area (TPSA) is 136 Å². The van der Waals surface area contributed by atoms with E-state index in [0.29, 0.717) is 35.8 Å². The molecule has 0 aliphatic heterocycles. The minimum absolute atomic E-state index is 0.0144. The third-order valence-electron chi connectivity index (χ3n) is 4.62. The van der Waals surface area contributed by atoms with E-state index in [1.165, 1.54) is 23.5 Å². The molecule has 1 aliphatic carbocycles. The first-order chi connectivity index (χ1) is 15.5. The van der Waals surface area contributed by atoms with Crippen LogP contribution in [-0.4, -0.2) is 47.6 Å². The summed E-state index contributed by atoms with van der Waals surface area (Å²) < 4.78 is 30.0. The summed E-state index contributed by atoms with van der Waals surface area (Å²) >= 11 is 1.28. The highest BCUT2D eigenvalue weighted by atomic mass is 32.2. The zero-order chi connectivity index (χ0) is 22.6. The number of anilines is 1. The normalized spacial score (nSPS) is 14.3. The van der Waals surface area contributed by atoms with Crippen LogP contribution in [0.25, 0.3) is 0 Å². The molecule has 3 aromatic rings. The fourth-order valence-electron chi connectivity index (χ4n) is 2.86. The standard InChI is InChI=1S/C20H21N5O5S2/c1-29-12-15-10-21-20(31-15)23-19(26)18(25-30-11-14-8-9-22-24-14)13-2-4-16(5-3-13)32(27,28)17-6-7-17/h2-5,8-10,17H,6-7,11-12H2,1H3,(H,22,24)(H,21,23,26)/b25-18+. The van der Waals surface area contributed by atoms with E-state index in [4.69, 9.17) is 9.57 Å². The van der Waals surface area contributed by atoms with E-state index in [1.54, 1.807) is 37.7 Å². The molecule has 2 heterocycles. The van der Waals surface area contributed by atoms with Crippen molar-refractivity contribution in [1.82, 2.24) is 15.2 Å². The number of aromatic amines is 1. The van der Waals surface area contributed by atoms with Gasteiger partial charge in [0.1, 0.15) is 5.69 Å². The van der Waals surface area contributed by atoms with E-state index in [-0.39, 0.29) is 22.5 Å². The molecule has 12 heteroatoms. The van der Waals surface area contributed by atoms with Crippen LogP contribution in [0.15, 0.2) is 52.8 Å². The number of methoxy groups -OCH3 is 1. The monoisotopic (exact) mass is 475 g/mol. The number of hydrogen-bond acceptors (Lipinski definition) is 9. The Bertz CT molecular complexity index is 1200. The van der Waals surface area contributed by atoms with Crippen molar-refractivity contribution in [2.75, 3.05) is 12.4 Å². The largest absolute Gasteiger partial charge is 0.389 e. The molecular weight excluding hydrogens is 454 g/mol. The highest BCUT2D eigenvalue weighted by Gasteiger charge is 2.36. The first kappa shape index (κ1) is 22.1. The summed E-state index contributed by atoms with van der Waals surface area (Å²) in [7, 11) is -1.75. The molecule has 4 rings (SSSR count). The number of ether oxygens (including phenoxy) is 1. The van der Waals surface area contributed by atoms with Crippen molar-refractivity contribution in [1.29, 1.82) is 0 Å². The van der Waals surface area contributed by atoms with Gasteiger partial charge in [0.2, 0.25) is 0 Å². The van der Waals surface area contributed by atoms with Gasteiger partial charge in [0, 0.05) is 25.1 Å².